The van der Waals surface area contributed by atoms with Gasteiger partial charge in [0.1, 0.15) is 0 Å². The summed E-state index contributed by atoms with van der Waals surface area (Å²) in [6.07, 6.45) is 10.7. The van der Waals surface area contributed by atoms with Crippen LogP contribution in [0.25, 0.3) is 5.14 Å². The fourth-order valence-electron chi connectivity index (χ4n) is 2.90. The monoisotopic (exact) mass is 351 g/mol. The molecule has 1 aromatic rings. The fraction of sp³-hybridized carbons (Fsp3) is 0.467. The third-order valence-electron chi connectivity index (χ3n) is 3.85. The fourth-order valence-corrected chi connectivity index (χ4v) is 5.56. The number of halogens is 1. The summed E-state index contributed by atoms with van der Waals surface area (Å²) >= 11 is 7.76. The number of unbranched alkanes of at least 4 members (excludes halogenated alkanes) is 1. The molecule has 0 aliphatic heterocycles. The van der Waals surface area contributed by atoms with E-state index in [1.54, 1.807) is 6.07 Å². The quantitative estimate of drug-likeness (QED) is 0.736. The molecule has 1 unspecified atom stereocenters. The normalized spacial score (nSPS) is 24.2. The van der Waals surface area contributed by atoms with Crippen molar-refractivity contribution in [2.24, 2.45) is 5.92 Å². The molecule has 0 amide bonds. The Hall–Kier alpha value is -0.0226. The Labute approximate surface area is 153 Å². The maximum atomic E-state index is 11.7. The molecule has 1 N–H and O–H groups in total. The van der Waals surface area contributed by atoms with Gasteiger partial charge in [0, 0.05) is 16.0 Å². The van der Waals surface area contributed by atoms with E-state index in [1.807, 2.05) is 23.6 Å². The maximum absolute atomic E-state index is 11.7. The number of hydrogen-bond donors (Lipinski definition) is 0. The van der Waals surface area contributed by atoms with Crippen LogP contribution < -0.4 is 18.9 Å². The molecule has 0 aromatic carbocycles. The van der Waals surface area contributed by atoms with Crippen molar-refractivity contribution in [3.8, 4) is 0 Å². The summed E-state index contributed by atoms with van der Waals surface area (Å²) in [5.74, 6) is -0.172. The minimum absolute atomic E-state index is 0. The van der Waals surface area contributed by atoms with E-state index < -0.39 is 15.4 Å². The molecule has 0 radical (unpaired) electrons. The molecule has 3 nitrogen and oxygen atoms in total. The third kappa shape index (κ3) is 4.50. The molecular weight excluding hydrogens is 333 g/mol. The minimum Gasteiger partial charge on any atom is -0.564 e. The molecule has 0 saturated carbocycles. The van der Waals surface area contributed by atoms with Crippen LogP contribution in [-0.4, -0.2) is 14.2 Å². The largest absolute Gasteiger partial charge is 1.00 e. The average Bonchev–Trinajstić information content (AvgIpc) is 2.82. The first kappa shape index (κ1) is 20.0. The third-order valence-corrected chi connectivity index (χ3v) is 6.24. The van der Waals surface area contributed by atoms with Gasteiger partial charge in [-0.3, -0.25) is 0 Å². The summed E-state index contributed by atoms with van der Waals surface area (Å²) in [4.78, 5) is 0.849. The number of hydrogen-bond acceptors (Lipinski definition) is 3. The van der Waals surface area contributed by atoms with Crippen molar-refractivity contribution < 1.29 is 27.3 Å². The smallest absolute Gasteiger partial charge is 0.564 e. The van der Waals surface area contributed by atoms with E-state index >= 15 is 0 Å². The Kier molecular flexibility index (Phi) is 7.45. The second kappa shape index (κ2) is 8.19. The molecule has 7 heteroatoms. The molecule has 1 aliphatic rings. The number of rotatable bonds is 6. The van der Waals surface area contributed by atoms with Crippen molar-refractivity contribution >= 4 is 33.0 Å². The number of nitrogens with one attached hydrogen (secondary N) is 1. The van der Waals surface area contributed by atoms with Gasteiger partial charge in [-0.2, -0.15) is 0 Å². The van der Waals surface area contributed by atoms with E-state index in [0.29, 0.717) is 5.02 Å². The Morgan fingerprint density at radius 2 is 2.14 bits per heavy atom. The molecule has 2 atom stereocenters. The van der Waals surface area contributed by atoms with E-state index in [9.17, 15) is 8.42 Å². The molecule has 0 bridgehead atoms. The molecule has 22 heavy (non-hydrogen) atoms. The average molecular weight is 352 g/mol. The first-order chi connectivity index (χ1) is 9.89. The predicted octanol–water partition coefficient (Wildman–Crippen LogP) is 1.96. The molecule has 2 rings (SSSR count). The van der Waals surface area contributed by atoms with E-state index in [-0.39, 0.29) is 30.5 Å². The van der Waals surface area contributed by atoms with E-state index in [2.05, 4.69) is 13.0 Å². The van der Waals surface area contributed by atoms with Crippen LogP contribution in [0.1, 0.15) is 31.1 Å². The zero-order valence-corrected chi connectivity index (χ0v) is 15.3. The van der Waals surface area contributed by atoms with Gasteiger partial charge >= 0.3 is 18.9 Å². The van der Waals surface area contributed by atoms with Crippen molar-refractivity contribution in [1.29, 1.82) is 0 Å². The molecule has 0 fully saturated rings. The summed E-state index contributed by atoms with van der Waals surface area (Å²) < 4.78 is 23.4. The van der Waals surface area contributed by atoms with E-state index in [1.165, 1.54) is 11.3 Å². The topological polar surface area (TPSA) is 57.9 Å². The Bertz CT molecular complexity index is 654. The Balaban J connectivity index is 0.00000242. The SMILES string of the molecule is CCCCC1C=CC=C[C@@]1(CS([NH-])(=O)=O)c1sccc1Cl.[Li+]. The Morgan fingerprint density at radius 1 is 1.41 bits per heavy atom. The first-order valence-corrected chi connectivity index (χ1v) is 9.87. The van der Waals surface area contributed by atoms with Crippen LogP contribution in [0.4, 0.5) is 0 Å². The zero-order chi connectivity index (χ0) is 15.5. The van der Waals surface area contributed by atoms with Crippen LogP contribution in [0.3, 0.4) is 0 Å². The minimum atomic E-state index is -3.87. The standard InChI is InChI=1S/C15H19ClNO2S2.Li/c1-2-3-6-12-7-4-5-9-15(12,11-21(17,18)19)14-13(16)8-10-20-14;/h4-5,7-10,12H,2-3,6,11H2,1H3,(H-,17,18,19);/q-1;+1/t12?,15-;/m0./s1. The number of thiophene rings is 1. The Morgan fingerprint density at radius 3 is 2.68 bits per heavy atom. The first-order valence-electron chi connectivity index (χ1n) is 6.96. The van der Waals surface area contributed by atoms with Gasteiger partial charge in [0.25, 0.3) is 0 Å². The van der Waals surface area contributed by atoms with Gasteiger partial charge in [0.05, 0.1) is 15.0 Å². The number of allylic oxidation sites excluding steroid dienone is 4. The van der Waals surface area contributed by atoms with Gasteiger partial charge < -0.3 is 5.14 Å². The van der Waals surface area contributed by atoms with Crippen LogP contribution in [0.15, 0.2) is 35.8 Å². The van der Waals surface area contributed by atoms with Crippen LogP contribution >= 0.6 is 22.9 Å². The maximum Gasteiger partial charge on any atom is 1.00 e. The predicted molar refractivity (Wildman–Crippen MR) is 90.4 cm³/mol. The van der Waals surface area contributed by atoms with E-state index in [0.717, 1.165) is 24.1 Å². The van der Waals surface area contributed by atoms with Gasteiger partial charge in [-0.1, -0.05) is 55.7 Å². The molecule has 116 valence electrons. The van der Waals surface area contributed by atoms with Crippen LogP contribution in [0.5, 0.6) is 0 Å². The molecule has 1 aromatic heterocycles. The summed E-state index contributed by atoms with van der Waals surface area (Å²) in [5, 5.41) is 9.87. The van der Waals surface area contributed by atoms with Gasteiger partial charge in [-0.05, 0) is 23.8 Å². The van der Waals surface area contributed by atoms with Crippen molar-refractivity contribution in [2.75, 3.05) is 5.75 Å². The van der Waals surface area contributed by atoms with Crippen LogP contribution in [-0.2, 0) is 15.4 Å². The summed E-state index contributed by atoms with van der Waals surface area (Å²) in [5.41, 5.74) is -0.713. The molecule has 1 aliphatic carbocycles. The van der Waals surface area contributed by atoms with Crippen LogP contribution in [0, 0.1) is 5.92 Å². The van der Waals surface area contributed by atoms with Crippen molar-refractivity contribution in [1.82, 2.24) is 0 Å². The molecule has 0 saturated heterocycles. The number of sulfonamides is 1. The van der Waals surface area contributed by atoms with Gasteiger partial charge in [-0.25, -0.2) is 8.42 Å². The van der Waals surface area contributed by atoms with Crippen molar-refractivity contribution in [3.05, 3.63) is 50.8 Å². The summed E-state index contributed by atoms with van der Waals surface area (Å²) in [6, 6.07) is 1.79. The second-order valence-corrected chi connectivity index (χ2v) is 8.23. The van der Waals surface area contributed by atoms with Crippen LogP contribution in [0.2, 0.25) is 5.02 Å². The second-order valence-electron chi connectivity index (χ2n) is 5.39. The van der Waals surface area contributed by atoms with Gasteiger partial charge in [-0.15, -0.1) is 11.3 Å². The molecular formula is C15H19ClLiNO2S2. The molecule has 1 heterocycles. The van der Waals surface area contributed by atoms with E-state index in [4.69, 9.17) is 16.7 Å². The van der Waals surface area contributed by atoms with Gasteiger partial charge in [0.15, 0.2) is 0 Å². The molecule has 0 spiro atoms. The van der Waals surface area contributed by atoms with Gasteiger partial charge in [0.2, 0.25) is 0 Å². The zero-order valence-electron chi connectivity index (χ0n) is 12.9. The summed E-state index contributed by atoms with van der Waals surface area (Å²) in [7, 11) is -3.87. The van der Waals surface area contributed by atoms with Crippen molar-refractivity contribution in [3.63, 3.8) is 0 Å². The summed E-state index contributed by atoms with van der Waals surface area (Å²) in [6.45, 7) is 2.11. The van der Waals surface area contributed by atoms with Crippen molar-refractivity contribution in [2.45, 2.75) is 31.6 Å².